The van der Waals surface area contributed by atoms with E-state index >= 15 is 0 Å². The van der Waals surface area contributed by atoms with Gasteiger partial charge in [-0.2, -0.15) is 0 Å². The van der Waals surface area contributed by atoms with E-state index in [0.29, 0.717) is 5.56 Å². The smallest absolute Gasteiger partial charge is 0.326 e. The van der Waals surface area contributed by atoms with Crippen LogP contribution in [-0.4, -0.2) is 28.4 Å². The van der Waals surface area contributed by atoms with Gasteiger partial charge >= 0.3 is 5.97 Å². The highest BCUT2D eigenvalue weighted by molar-refractivity contribution is 5.79. The number of aliphatic carboxylic acids is 1. The summed E-state index contributed by atoms with van der Waals surface area (Å²) >= 11 is 0. The van der Waals surface area contributed by atoms with Gasteiger partial charge in [0.25, 0.3) is 0 Å². The predicted molar refractivity (Wildman–Crippen MR) is 52.3 cm³/mol. The van der Waals surface area contributed by atoms with E-state index in [9.17, 15) is 14.3 Å². The molecule has 0 saturated carbocycles. The van der Waals surface area contributed by atoms with Gasteiger partial charge in [0.1, 0.15) is 18.0 Å². The second kappa shape index (κ2) is 4.27. The number of hydrogen-bond acceptors (Lipinski definition) is 3. The second-order valence-corrected chi connectivity index (χ2v) is 3.40. The molecule has 0 aliphatic rings. The molecule has 0 aliphatic carbocycles. The maximum absolute atomic E-state index is 12.5. The van der Waals surface area contributed by atoms with Gasteiger partial charge in [-0.05, 0) is 11.6 Å². The summed E-state index contributed by atoms with van der Waals surface area (Å²) in [5.41, 5.74) is 3.70. The Bertz CT molecular complexity index is 369. The molecule has 0 saturated heterocycles. The number of nitrogens with two attached hydrogens (primary N) is 1. The first-order valence-electron chi connectivity index (χ1n) is 4.35. The van der Waals surface area contributed by atoms with Crippen LogP contribution in [-0.2, 0) is 11.2 Å². The number of carboxylic acid groups (broad SMARTS) is 1. The van der Waals surface area contributed by atoms with Gasteiger partial charge in [-0.25, -0.2) is 4.39 Å². The van der Waals surface area contributed by atoms with Gasteiger partial charge in [0.2, 0.25) is 0 Å². The minimum Gasteiger partial charge on any atom is -0.508 e. The van der Waals surface area contributed by atoms with Crippen molar-refractivity contribution in [1.29, 1.82) is 0 Å². The standard InChI is InChI=1S/C10H12FNO3/c11-6-10(12,9(14)15)5-7-3-1-2-4-8(7)13/h1-4,13H,5-6,12H2,(H,14,15)/t10-/m1/s1. The Balaban J connectivity index is 2.94. The predicted octanol–water partition coefficient (Wildman–Crippen LogP) is 0.686. The van der Waals surface area contributed by atoms with E-state index in [2.05, 4.69) is 0 Å². The van der Waals surface area contributed by atoms with Crippen LogP contribution in [0.2, 0.25) is 0 Å². The lowest BCUT2D eigenvalue weighted by molar-refractivity contribution is -0.143. The van der Waals surface area contributed by atoms with Gasteiger partial charge in [0.05, 0.1) is 0 Å². The van der Waals surface area contributed by atoms with Crippen molar-refractivity contribution in [1.82, 2.24) is 0 Å². The van der Waals surface area contributed by atoms with Crippen LogP contribution in [0.25, 0.3) is 0 Å². The Morgan fingerprint density at radius 2 is 2.07 bits per heavy atom. The molecular weight excluding hydrogens is 201 g/mol. The molecular formula is C10H12FNO3. The Morgan fingerprint density at radius 1 is 1.47 bits per heavy atom. The van der Waals surface area contributed by atoms with E-state index in [1.54, 1.807) is 12.1 Å². The number of rotatable bonds is 4. The summed E-state index contributed by atoms with van der Waals surface area (Å²) in [6.07, 6.45) is -0.245. The van der Waals surface area contributed by atoms with Crippen LogP contribution in [0.4, 0.5) is 4.39 Å². The largest absolute Gasteiger partial charge is 0.508 e. The number of phenols is 1. The van der Waals surface area contributed by atoms with Crippen LogP contribution in [0, 0.1) is 0 Å². The normalized spacial score (nSPS) is 14.5. The maximum Gasteiger partial charge on any atom is 0.326 e. The summed E-state index contributed by atoms with van der Waals surface area (Å²) in [6.45, 7) is -1.18. The Kier molecular flexibility index (Phi) is 3.26. The van der Waals surface area contributed by atoms with Gasteiger partial charge in [0.15, 0.2) is 0 Å². The number of aromatic hydroxyl groups is 1. The quantitative estimate of drug-likeness (QED) is 0.687. The number of carbonyl (C=O) groups is 1. The highest BCUT2D eigenvalue weighted by Gasteiger charge is 2.35. The van der Waals surface area contributed by atoms with E-state index in [0.717, 1.165) is 0 Å². The molecule has 0 heterocycles. The number of alkyl halides is 1. The van der Waals surface area contributed by atoms with Crippen molar-refractivity contribution in [3.05, 3.63) is 29.8 Å². The summed E-state index contributed by atoms with van der Waals surface area (Å²) in [4.78, 5) is 10.7. The first-order valence-corrected chi connectivity index (χ1v) is 4.35. The average Bonchev–Trinajstić information content (AvgIpc) is 2.21. The fourth-order valence-corrected chi connectivity index (χ4v) is 1.18. The molecule has 0 unspecified atom stereocenters. The second-order valence-electron chi connectivity index (χ2n) is 3.40. The van der Waals surface area contributed by atoms with Crippen LogP contribution in [0.3, 0.4) is 0 Å². The van der Waals surface area contributed by atoms with Crippen molar-refractivity contribution in [2.75, 3.05) is 6.67 Å². The van der Waals surface area contributed by atoms with E-state index < -0.39 is 18.2 Å². The van der Waals surface area contributed by atoms with Crippen LogP contribution < -0.4 is 5.73 Å². The number of phenolic OH excluding ortho intramolecular Hbond substituents is 1. The number of carboxylic acids is 1. The highest BCUT2D eigenvalue weighted by atomic mass is 19.1. The van der Waals surface area contributed by atoms with E-state index in [1.807, 2.05) is 0 Å². The minimum atomic E-state index is -1.97. The monoisotopic (exact) mass is 213 g/mol. The first-order chi connectivity index (χ1) is 6.99. The molecule has 0 spiro atoms. The first kappa shape index (κ1) is 11.5. The van der Waals surface area contributed by atoms with Crippen LogP contribution in [0.15, 0.2) is 24.3 Å². The number of hydrogen-bond donors (Lipinski definition) is 3. The van der Waals surface area contributed by atoms with Crippen molar-refractivity contribution in [2.24, 2.45) is 5.73 Å². The average molecular weight is 213 g/mol. The van der Waals surface area contributed by atoms with E-state index in [-0.39, 0.29) is 12.2 Å². The van der Waals surface area contributed by atoms with E-state index in [4.69, 9.17) is 10.8 Å². The van der Waals surface area contributed by atoms with Crippen LogP contribution >= 0.6 is 0 Å². The summed E-state index contributed by atoms with van der Waals surface area (Å²) in [5, 5.41) is 18.1. The molecule has 0 aromatic heterocycles. The van der Waals surface area contributed by atoms with Crippen molar-refractivity contribution < 1.29 is 19.4 Å². The van der Waals surface area contributed by atoms with Gasteiger partial charge in [-0.15, -0.1) is 0 Å². The number of halogens is 1. The lowest BCUT2D eigenvalue weighted by atomic mass is 9.93. The third-order valence-electron chi connectivity index (χ3n) is 2.16. The van der Waals surface area contributed by atoms with Crippen molar-refractivity contribution in [3.8, 4) is 5.75 Å². The molecule has 0 radical (unpaired) electrons. The Labute approximate surface area is 86.1 Å². The summed E-state index contributed by atoms with van der Waals surface area (Å²) < 4.78 is 12.5. The van der Waals surface area contributed by atoms with Crippen LogP contribution in [0.1, 0.15) is 5.56 Å². The molecule has 4 nitrogen and oxygen atoms in total. The van der Waals surface area contributed by atoms with Gasteiger partial charge in [0, 0.05) is 6.42 Å². The number of para-hydroxylation sites is 1. The zero-order valence-electron chi connectivity index (χ0n) is 7.98. The van der Waals surface area contributed by atoms with Gasteiger partial charge < -0.3 is 15.9 Å². The van der Waals surface area contributed by atoms with Crippen molar-refractivity contribution in [3.63, 3.8) is 0 Å². The molecule has 1 aromatic carbocycles. The summed E-state index contributed by atoms with van der Waals surface area (Å²) in [7, 11) is 0. The molecule has 1 atom stereocenters. The molecule has 4 N–H and O–H groups in total. The summed E-state index contributed by atoms with van der Waals surface area (Å²) in [6, 6.07) is 6.12. The fourth-order valence-electron chi connectivity index (χ4n) is 1.18. The topological polar surface area (TPSA) is 83.5 Å². The van der Waals surface area contributed by atoms with Gasteiger partial charge in [-0.1, -0.05) is 18.2 Å². The molecule has 0 aliphatic heterocycles. The minimum absolute atomic E-state index is 0.0815. The summed E-state index contributed by atoms with van der Waals surface area (Å²) in [5.74, 6) is -1.50. The molecule has 1 aromatic rings. The van der Waals surface area contributed by atoms with E-state index in [1.165, 1.54) is 12.1 Å². The van der Waals surface area contributed by atoms with Crippen LogP contribution in [0.5, 0.6) is 5.75 Å². The third-order valence-corrected chi connectivity index (χ3v) is 2.16. The van der Waals surface area contributed by atoms with Crippen molar-refractivity contribution in [2.45, 2.75) is 12.0 Å². The molecule has 0 fully saturated rings. The Hall–Kier alpha value is -1.62. The molecule has 1 rings (SSSR count). The lowest BCUT2D eigenvalue weighted by Gasteiger charge is -2.21. The maximum atomic E-state index is 12.5. The molecule has 82 valence electrons. The highest BCUT2D eigenvalue weighted by Crippen LogP contribution is 2.21. The lowest BCUT2D eigenvalue weighted by Crippen LogP contribution is -2.52. The zero-order chi connectivity index (χ0) is 11.5. The SMILES string of the molecule is N[C@@](CF)(Cc1ccccc1O)C(=O)O. The third kappa shape index (κ3) is 2.44. The molecule has 5 heteroatoms. The fraction of sp³-hybridized carbons (Fsp3) is 0.300. The van der Waals surface area contributed by atoms with Gasteiger partial charge in [-0.3, -0.25) is 4.79 Å². The number of benzene rings is 1. The Morgan fingerprint density at radius 3 is 2.53 bits per heavy atom. The molecule has 0 bridgehead atoms. The molecule has 15 heavy (non-hydrogen) atoms. The molecule has 0 amide bonds. The van der Waals surface area contributed by atoms with Crippen molar-refractivity contribution >= 4 is 5.97 Å². The zero-order valence-corrected chi connectivity index (χ0v) is 7.98.